The Morgan fingerprint density at radius 3 is 2.52 bits per heavy atom. The fourth-order valence-electron chi connectivity index (χ4n) is 1.88. The van der Waals surface area contributed by atoms with E-state index in [1.807, 2.05) is 66.2 Å². The number of rotatable bonds is 4. The number of ether oxygens (including phenoxy) is 1. The fraction of sp³-hybridized carbons (Fsp3) is 0.0588. The highest BCUT2D eigenvalue weighted by Gasteiger charge is 2.02. The molecule has 4 heteroatoms. The van der Waals surface area contributed by atoms with Crippen molar-refractivity contribution in [3.63, 3.8) is 0 Å². The monoisotopic (exact) mass is 294 g/mol. The Bertz CT molecular complexity index is 733. The van der Waals surface area contributed by atoms with E-state index in [2.05, 4.69) is 9.98 Å². The summed E-state index contributed by atoms with van der Waals surface area (Å²) in [4.78, 5) is 8.94. The minimum absolute atomic E-state index is 0.754. The van der Waals surface area contributed by atoms with Crippen LogP contribution in [0.4, 0.5) is 5.13 Å². The van der Waals surface area contributed by atoms with E-state index in [1.165, 1.54) is 11.3 Å². The predicted molar refractivity (Wildman–Crippen MR) is 87.8 cm³/mol. The van der Waals surface area contributed by atoms with Crippen LogP contribution in [0.3, 0.4) is 0 Å². The summed E-state index contributed by atoms with van der Waals surface area (Å²) in [7, 11) is 1.66. The number of hydrogen-bond acceptors (Lipinski definition) is 4. The molecule has 2 aromatic carbocycles. The lowest BCUT2D eigenvalue weighted by Crippen LogP contribution is -1.84. The first-order chi connectivity index (χ1) is 10.3. The zero-order chi connectivity index (χ0) is 14.5. The van der Waals surface area contributed by atoms with E-state index >= 15 is 0 Å². The van der Waals surface area contributed by atoms with E-state index in [9.17, 15) is 0 Å². The summed E-state index contributed by atoms with van der Waals surface area (Å²) in [5.41, 5.74) is 3.09. The van der Waals surface area contributed by atoms with E-state index in [4.69, 9.17) is 4.74 Å². The molecule has 0 fully saturated rings. The van der Waals surface area contributed by atoms with Crippen LogP contribution in [0.25, 0.3) is 11.3 Å². The summed E-state index contributed by atoms with van der Waals surface area (Å²) < 4.78 is 5.13. The Hall–Kier alpha value is -2.46. The Morgan fingerprint density at radius 1 is 1.05 bits per heavy atom. The molecule has 0 radical (unpaired) electrons. The molecule has 3 rings (SSSR count). The van der Waals surface area contributed by atoms with Crippen molar-refractivity contribution in [2.24, 2.45) is 4.99 Å². The Morgan fingerprint density at radius 2 is 1.81 bits per heavy atom. The molecule has 104 valence electrons. The van der Waals surface area contributed by atoms with Crippen LogP contribution in [0.5, 0.6) is 5.75 Å². The number of hydrogen-bond donors (Lipinski definition) is 0. The molecule has 0 bridgehead atoms. The van der Waals surface area contributed by atoms with Crippen molar-refractivity contribution >= 4 is 22.7 Å². The minimum Gasteiger partial charge on any atom is -0.497 e. The van der Waals surface area contributed by atoms with Gasteiger partial charge in [-0.1, -0.05) is 30.3 Å². The van der Waals surface area contributed by atoms with Crippen molar-refractivity contribution in [3.8, 4) is 17.0 Å². The average molecular weight is 294 g/mol. The topological polar surface area (TPSA) is 34.5 Å². The van der Waals surface area contributed by atoms with Crippen molar-refractivity contribution < 1.29 is 4.74 Å². The van der Waals surface area contributed by atoms with Gasteiger partial charge in [-0.05, 0) is 29.8 Å². The third-order valence-corrected chi connectivity index (χ3v) is 3.75. The molecule has 21 heavy (non-hydrogen) atoms. The molecule has 0 aliphatic heterocycles. The maximum absolute atomic E-state index is 5.13. The molecule has 0 saturated heterocycles. The molecule has 0 aliphatic carbocycles. The van der Waals surface area contributed by atoms with Gasteiger partial charge < -0.3 is 4.74 Å². The first-order valence-electron chi connectivity index (χ1n) is 6.54. The standard InChI is InChI=1S/C17H14N2OS/c1-20-15-9-7-13(8-10-15)11-18-17-19-16(12-21-17)14-5-3-2-4-6-14/h2-12H,1H3. The minimum atomic E-state index is 0.754. The van der Waals surface area contributed by atoms with Gasteiger partial charge in [-0.2, -0.15) is 0 Å². The molecule has 0 unspecified atom stereocenters. The van der Waals surface area contributed by atoms with Crippen molar-refractivity contribution in [1.29, 1.82) is 0 Å². The largest absolute Gasteiger partial charge is 0.497 e. The number of thiazole rings is 1. The molecule has 0 saturated carbocycles. The molecule has 1 aromatic heterocycles. The molecule has 3 nitrogen and oxygen atoms in total. The first kappa shape index (κ1) is 13.5. The Balaban J connectivity index is 1.76. The fourth-order valence-corrected chi connectivity index (χ4v) is 2.56. The smallest absolute Gasteiger partial charge is 0.209 e. The van der Waals surface area contributed by atoms with Crippen LogP contribution in [0, 0.1) is 0 Å². The molecule has 0 spiro atoms. The molecule has 0 N–H and O–H groups in total. The summed E-state index contributed by atoms with van der Waals surface area (Å²) in [6.45, 7) is 0. The van der Waals surface area contributed by atoms with E-state index in [0.29, 0.717) is 0 Å². The zero-order valence-electron chi connectivity index (χ0n) is 11.6. The predicted octanol–water partition coefficient (Wildman–Crippen LogP) is 4.57. The lowest BCUT2D eigenvalue weighted by molar-refractivity contribution is 0.415. The number of benzene rings is 2. The van der Waals surface area contributed by atoms with Crippen molar-refractivity contribution in [2.45, 2.75) is 0 Å². The normalized spacial score (nSPS) is 10.9. The second kappa shape index (κ2) is 6.33. The van der Waals surface area contributed by atoms with E-state index in [-0.39, 0.29) is 0 Å². The van der Waals surface area contributed by atoms with Gasteiger partial charge in [-0.25, -0.2) is 9.98 Å². The molecule has 0 atom stereocenters. The summed E-state index contributed by atoms with van der Waals surface area (Å²) in [5.74, 6) is 0.841. The van der Waals surface area contributed by atoms with Gasteiger partial charge in [0.15, 0.2) is 0 Å². The Labute approximate surface area is 127 Å². The van der Waals surface area contributed by atoms with Crippen LogP contribution in [0.1, 0.15) is 5.56 Å². The summed E-state index contributed by atoms with van der Waals surface area (Å²) >= 11 is 1.54. The second-order valence-electron chi connectivity index (χ2n) is 4.41. The molecule has 0 aliphatic rings. The number of methoxy groups -OCH3 is 1. The summed E-state index contributed by atoms with van der Waals surface area (Å²) in [6, 6.07) is 17.9. The third kappa shape index (κ3) is 3.35. The van der Waals surface area contributed by atoms with Gasteiger partial charge in [0.2, 0.25) is 5.13 Å². The lowest BCUT2D eigenvalue weighted by Gasteiger charge is -1.98. The van der Waals surface area contributed by atoms with Crippen molar-refractivity contribution in [2.75, 3.05) is 7.11 Å². The second-order valence-corrected chi connectivity index (χ2v) is 5.25. The van der Waals surface area contributed by atoms with Crippen molar-refractivity contribution in [1.82, 2.24) is 4.98 Å². The Kier molecular flexibility index (Phi) is 4.07. The zero-order valence-corrected chi connectivity index (χ0v) is 12.4. The highest BCUT2D eigenvalue weighted by molar-refractivity contribution is 7.13. The SMILES string of the molecule is COc1ccc(C=Nc2nc(-c3ccccc3)cs2)cc1. The molecule has 0 amide bonds. The van der Waals surface area contributed by atoms with Gasteiger partial charge in [0.1, 0.15) is 5.75 Å². The van der Waals surface area contributed by atoms with Crippen molar-refractivity contribution in [3.05, 3.63) is 65.5 Å². The van der Waals surface area contributed by atoms with E-state index in [1.54, 1.807) is 7.11 Å². The summed E-state index contributed by atoms with van der Waals surface area (Å²) in [6.07, 6.45) is 1.81. The first-order valence-corrected chi connectivity index (χ1v) is 7.42. The van der Waals surface area contributed by atoms with Crippen LogP contribution >= 0.6 is 11.3 Å². The van der Waals surface area contributed by atoms with Gasteiger partial charge in [0.05, 0.1) is 12.8 Å². The van der Waals surface area contributed by atoms with E-state index < -0.39 is 0 Å². The number of nitrogens with zero attached hydrogens (tertiary/aromatic N) is 2. The average Bonchev–Trinajstić information content (AvgIpc) is 3.03. The van der Waals surface area contributed by atoms with Gasteiger partial charge >= 0.3 is 0 Å². The van der Waals surface area contributed by atoms with Crippen LogP contribution in [-0.2, 0) is 0 Å². The highest BCUT2D eigenvalue weighted by Crippen LogP contribution is 2.26. The van der Waals surface area contributed by atoms with Gasteiger partial charge in [0.25, 0.3) is 0 Å². The van der Waals surface area contributed by atoms with Crippen LogP contribution in [-0.4, -0.2) is 18.3 Å². The molecule has 1 heterocycles. The third-order valence-electron chi connectivity index (χ3n) is 3.00. The summed E-state index contributed by atoms with van der Waals surface area (Å²) in [5, 5.41) is 2.78. The van der Waals surface area contributed by atoms with Crippen LogP contribution in [0.2, 0.25) is 0 Å². The lowest BCUT2D eigenvalue weighted by atomic mass is 10.2. The highest BCUT2D eigenvalue weighted by atomic mass is 32.1. The van der Waals surface area contributed by atoms with Gasteiger partial charge in [-0.15, -0.1) is 11.3 Å². The van der Waals surface area contributed by atoms with Gasteiger partial charge in [-0.3, -0.25) is 0 Å². The maximum atomic E-state index is 5.13. The maximum Gasteiger partial charge on any atom is 0.209 e. The number of aromatic nitrogens is 1. The number of aliphatic imine (C=N–C) groups is 1. The molecular weight excluding hydrogens is 280 g/mol. The molecule has 3 aromatic rings. The molecular formula is C17H14N2OS. The van der Waals surface area contributed by atoms with Gasteiger partial charge in [0, 0.05) is 17.2 Å². The van der Waals surface area contributed by atoms with Crippen LogP contribution < -0.4 is 4.74 Å². The quantitative estimate of drug-likeness (QED) is 0.661. The van der Waals surface area contributed by atoms with E-state index in [0.717, 1.165) is 27.7 Å². The van der Waals surface area contributed by atoms with Crippen LogP contribution in [0.15, 0.2) is 65.0 Å².